The lowest BCUT2D eigenvalue weighted by Gasteiger charge is -2.06. The fourth-order valence-electron chi connectivity index (χ4n) is 3.97. The molecule has 0 aliphatic rings. The van der Waals surface area contributed by atoms with Crippen LogP contribution in [0, 0.1) is 5.92 Å². The van der Waals surface area contributed by atoms with Crippen LogP contribution in [0.25, 0.3) is 11.4 Å². The summed E-state index contributed by atoms with van der Waals surface area (Å²) in [7, 11) is 0. The normalized spacial score (nSPS) is 11.3. The van der Waals surface area contributed by atoms with Crippen LogP contribution in [0.1, 0.15) is 109 Å². The fraction of sp³-hybridized carbons (Fsp3) is 0.643. The molecule has 0 aliphatic heterocycles. The van der Waals surface area contributed by atoms with E-state index in [1.54, 1.807) is 0 Å². The third-order valence-electron chi connectivity index (χ3n) is 5.98. The van der Waals surface area contributed by atoms with Crippen LogP contribution in [0.15, 0.2) is 36.7 Å². The number of benzene rings is 1. The molecule has 0 bridgehead atoms. The van der Waals surface area contributed by atoms with E-state index >= 15 is 0 Å². The van der Waals surface area contributed by atoms with Crippen LogP contribution in [-0.4, -0.2) is 9.97 Å². The molecule has 166 valence electrons. The van der Waals surface area contributed by atoms with Gasteiger partial charge in [-0.05, 0) is 42.7 Å². The first-order valence-electron chi connectivity index (χ1n) is 12.6. The van der Waals surface area contributed by atoms with Crippen LogP contribution < -0.4 is 0 Å². The van der Waals surface area contributed by atoms with Gasteiger partial charge in [-0.1, -0.05) is 109 Å². The maximum atomic E-state index is 4.61. The second-order valence-corrected chi connectivity index (χ2v) is 9.33. The molecule has 2 aromatic rings. The summed E-state index contributed by atoms with van der Waals surface area (Å²) in [6, 6.07) is 8.87. The van der Waals surface area contributed by atoms with Gasteiger partial charge in [0.15, 0.2) is 5.82 Å². The summed E-state index contributed by atoms with van der Waals surface area (Å²) >= 11 is 0. The maximum absolute atomic E-state index is 4.61. The molecule has 1 aromatic carbocycles. The van der Waals surface area contributed by atoms with Crippen molar-refractivity contribution in [3.63, 3.8) is 0 Å². The first kappa shape index (κ1) is 24.6. The molecule has 30 heavy (non-hydrogen) atoms. The molecule has 0 radical (unpaired) electrons. The summed E-state index contributed by atoms with van der Waals surface area (Å²) in [5, 5.41) is 0. The fourth-order valence-corrected chi connectivity index (χ4v) is 3.97. The van der Waals surface area contributed by atoms with E-state index in [2.05, 4.69) is 55.0 Å². The van der Waals surface area contributed by atoms with Crippen LogP contribution >= 0.6 is 0 Å². The Morgan fingerprint density at radius 2 is 1.17 bits per heavy atom. The predicted octanol–water partition coefficient (Wildman–Crippen LogP) is 8.59. The Morgan fingerprint density at radius 1 is 0.633 bits per heavy atom. The monoisotopic (exact) mass is 408 g/mol. The van der Waals surface area contributed by atoms with E-state index < -0.39 is 0 Å². The topological polar surface area (TPSA) is 25.8 Å². The van der Waals surface area contributed by atoms with Gasteiger partial charge in [-0.25, -0.2) is 9.97 Å². The minimum atomic E-state index is 0.846. The molecule has 1 aromatic heterocycles. The van der Waals surface area contributed by atoms with E-state index in [4.69, 9.17) is 0 Å². The predicted molar refractivity (Wildman–Crippen MR) is 131 cm³/mol. The first-order valence-corrected chi connectivity index (χ1v) is 12.6. The minimum absolute atomic E-state index is 0.846. The van der Waals surface area contributed by atoms with Crippen LogP contribution in [-0.2, 0) is 12.8 Å². The van der Waals surface area contributed by atoms with Gasteiger partial charge in [-0.3, -0.25) is 0 Å². The number of rotatable bonds is 16. The van der Waals surface area contributed by atoms with E-state index in [-0.39, 0.29) is 0 Å². The van der Waals surface area contributed by atoms with E-state index in [9.17, 15) is 0 Å². The minimum Gasteiger partial charge on any atom is -0.236 e. The van der Waals surface area contributed by atoms with E-state index in [0.29, 0.717) is 0 Å². The number of aryl methyl sites for hydroxylation is 2. The molecule has 1 heterocycles. The number of nitrogens with zero attached hydrogens (tertiary/aromatic N) is 2. The molecular formula is C28H44N2. The Balaban J connectivity index is 1.66. The quantitative estimate of drug-likeness (QED) is 0.260. The van der Waals surface area contributed by atoms with Crippen molar-refractivity contribution in [2.45, 2.75) is 111 Å². The second kappa shape index (κ2) is 15.2. The van der Waals surface area contributed by atoms with Crippen molar-refractivity contribution in [2.24, 2.45) is 5.92 Å². The number of aromatic nitrogens is 2. The summed E-state index contributed by atoms with van der Waals surface area (Å²) in [4.78, 5) is 9.22. The Labute approximate surface area is 185 Å². The summed E-state index contributed by atoms with van der Waals surface area (Å²) in [5.74, 6) is 1.70. The molecule has 0 saturated carbocycles. The van der Waals surface area contributed by atoms with Gasteiger partial charge in [0.05, 0.1) is 0 Å². The van der Waals surface area contributed by atoms with Gasteiger partial charge in [-0.15, -0.1) is 0 Å². The van der Waals surface area contributed by atoms with Crippen molar-refractivity contribution in [3.8, 4) is 11.4 Å². The van der Waals surface area contributed by atoms with Crippen molar-refractivity contribution in [3.05, 3.63) is 47.8 Å². The lowest BCUT2D eigenvalue weighted by molar-refractivity contribution is 0.515. The molecule has 0 N–H and O–H groups in total. The standard InChI is InChI=1S/C28H44N2/c1-4-5-6-7-10-14-17-26-22-29-28(30-23-26)27-20-18-25(19-21-27)16-13-11-8-9-12-15-24(2)3/h18-24H,4-17H2,1-3H3. The smallest absolute Gasteiger partial charge is 0.159 e. The highest BCUT2D eigenvalue weighted by Crippen LogP contribution is 2.18. The third-order valence-corrected chi connectivity index (χ3v) is 5.98. The third kappa shape index (κ3) is 10.4. The first-order chi connectivity index (χ1) is 14.7. The van der Waals surface area contributed by atoms with E-state index in [0.717, 1.165) is 23.7 Å². The lowest BCUT2D eigenvalue weighted by atomic mass is 10.0. The van der Waals surface area contributed by atoms with Crippen molar-refractivity contribution >= 4 is 0 Å². The van der Waals surface area contributed by atoms with Gasteiger partial charge in [-0.2, -0.15) is 0 Å². The van der Waals surface area contributed by atoms with Crippen molar-refractivity contribution in [2.75, 3.05) is 0 Å². The van der Waals surface area contributed by atoms with Crippen LogP contribution in [0.2, 0.25) is 0 Å². The Hall–Kier alpha value is -1.70. The average Bonchev–Trinajstić information content (AvgIpc) is 2.76. The molecule has 2 rings (SSSR count). The maximum Gasteiger partial charge on any atom is 0.159 e. The van der Waals surface area contributed by atoms with Gasteiger partial charge in [0, 0.05) is 18.0 Å². The van der Waals surface area contributed by atoms with Crippen LogP contribution in [0.3, 0.4) is 0 Å². The Bertz CT molecular complexity index is 658. The molecule has 0 spiro atoms. The zero-order chi connectivity index (χ0) is 21.4. The highest BCUT2D eigenvalue weighted by Gasteiger charge is 2.03. The highest BCUT2D eigenvalue weighted by atomic mass is 14.9. The Morgan fingerprint density at radius 3 is 1.77 bits per heavy atom. The van der Waals surface area contributed by atoms with Crippen LogP contribution in [0.4, 0.5) is 0 Å². The van der Waals surface area contributed by atoms with Gasteiger partial charge < -0.3 is 0 Å². The van der Waals surface area contributed by atoms with Crippen molar-refractivity contribution < 1.29 is 0 Å². The molecule has 0 saturated heterocycles. The van der Waals surface area contributed by atoms with E-state index in [1.165, 1.54) is 94.6 Å². The summed E-state index contributed by atoms with van der Waals surface area (Å²) in [6.07, 6.45) is 22.5. The zero-order valence-corrected chi connectivity index (χ0v) is 19.8. The molecule has 0 amide bonds. The zero-order valence-electron chi connectivity index (χ0n) is 19.8. The Kier molecular flexibility index (Phi) is 12.4. The average molecular weight is 409 g/mol. The highest BCUT2D eigenvalue weighted by molar-refractivity contribution is 5.55. The summed E-state index contributed by atoms with van der Waals surface area (Å²) < 4.78 is 0. The molecule has 0 fully saturated rings. The largest absolute Gasteiger partial charge is 0.236 e. The number of unbranched alkanes of at least 4 members (excludes halogenated alkanes) is 9. The van der Waals surface area contributed by atoms with Crippen molar-refractivity contribution in [1.82, 2.24) is 9.97 Å². The van der Waals surface area contributed by atoms with Crippen LogP contribution in [0.5, 0.6) is 0 Å². The molecule has 0 aliphatic carbocycles. The molecule has 0 unspecified atom stereocenters. The van der Waals surface area contributed by atoms with Gasteiger partial charge in [0.1, 0.15) is 0 Å². The molecule has 0 atom stereocenters. The van der Waals surface area contributed by atoms with Crippen molar-refractivity contribution in [1.29, 1.82) is 0 Å². The number of hydrogen-bond acceptors (Lipinski definition) is 2. The molecule has 2 heteroatoms. The summed E-state index contributed by atoms with van der Waals surface area (Å²) in [5.41, 5.74) is 3.82. The lowest BCUT2D eigenvalue weighted by Crippen LogP contribution is -1.94. The van der Waals surface area contributed by atoms with Gasteiger partial charge in [0.2, 0.25) is 0 Å². The summed E-state index contributed by atoms with van der Waals surface area (Å²) in [6.45, 7) is 6.91. The van der Waals surface area contributed by atoms with E-state index in [1.807, 2.05) is 12.4 Å². The van der Waals surface area contributed by atoms with Gasteiger partial charge in [0.25, 0.3) is 0 Å². The molecule has 2 nitrogen and oxygen atoms in total. The second-order valence-electron chi connectivity index (χ2n) is 9.33. The molecular weight excluding hydrogens is 364 g/mol. The van der Waals surface area contributed by atoms with Gasteiger partial charge >= 0.3 is 0 Å². The SMILES string of the molecule is CCCCCCCCc1cnc(-c2ccc(CCCCCCCC(C)C)cc2)nc1. The number of hydrogen-bond donors (Lipinski definition) is 0.